The number of allylic oxidation sites excluding steroid dienone is 2. The molecule has 1 aliphatic heterocycles. The van der Waals surface area contributed by atoms with Gasteiger partial charge in [-0.15, -0.1) is 5.10 Å². The molecule has 0 atom stereocenters. The van der Waals surface area contributed by atoms with Crippen LogP contribution in [-0.4, -0.2) is 13.5 Å². The molecule has 0 saturated heterocycles. The molecule has 0 unspecified atom stereocenters. The van der Waals surface area contributed by atoms with E-state index in [0.29, 0.717) is 5.15 Å². The van der Waals surface area contributed by atoms with Gasteiger partial charge in [-0.1, -0.05) is 18.5 Å². The van der Waals surface area contributed by atoms with Crippen LogP contribution in [0.2, 0.25) is 5.15 Å². The van der Waals surface area contributed by atoms with Crippen molar-refractivity contribution < 1.29 is 0 Å². The Morgan fingerprint density at radius 3 is 2.80 bits per heavy atom. The van der Waals surface area contributed by atoms with Gasteiger partial charge in [0, 0.05) is 5.69 Å². The molecule has 0 fully saturated rings. The number of nitrogens with zero attached hydrogens (tertiary/aromatic N) is 4. The summed E-state index contributed by atoms with van der Waals surface area (Å²) in [6, 6.07) is 1.82. The summed E-state index contributed by atoms with van der Waals surface area (Å²) in [5, 5.41) is 8.76. The Bertz CT molecular complexity index is 461. The summed E-state index contributed by atoms with van der Waals surface area (Å²) < 4.78 is 2.65. The van der Waals surface area contributed by atoms with E-state index in [9.17, 15) is 0 Å². The van der Waals surface area contributed by atoms with Gasteiger partial charge in [-0.2, -0.15) is 10.5 Å². The highest BCUT2D eigenvalue weighted by molar-refractivity contribution is 14.1. The molecular formula is C9H9ClIN4. The molecular weight excluding hydrogens is 326 g/mol. The largest absolute Gasteiger partial charge is 0.232 e. The summed E-state index contributed by atoms with van der Waals surface area (Å²) in [6.45, 7) is 4.01. The summed E-state index contributed by atoms with van der Waals surface area (Å²) in [5.74, 6) is 0. The average Bonchev–Trinajstić information content (AvgIpc) is 2.69. The average molecular weight is 336 g/mol. The zero-order chi connectivity index (χ0) is 11.0. The van der Waals surface area contributed by atoms with Crippen LogP contribution in [0, 0.1) is 6.92 Å². The Morgan fingerprint density at radius 1 is 1.53 bits per heavy atom. The van der Waals surface area contributed by atoms with E-state index in [-0.39, 0.29) is 0 Å². The fraction of sp³-hybridized carbons (Fsp3) is 0.333. The Kier molecular flexibility index (Phi) is 3.01. The third kappa shape index (κ3) is 1.90. The molecule has 1 aromatic heterocycles. The quantitative estimate of drug-likeness (QED) is 0.767. The number of halogens is 2. The van der Waals surface area contributed by atoms with E-state index in [1.54, 1.807) is 4.68 Å². The summed E-state index contributed by atoms with van der Waals surface area (Å²) in [5.41, 5.74) is 6.98. The van der Waals surface area contributed by atoms with Crippen molar-refractivity contribution in [3.8, 4) is 0 Å². The lowest BCUT2D eigenvalue weighted by Crippen LogP contribution is -2.07. The number of hydrogen-bond acceptors (Lipinski definition) is 2. The van der Waals surface area contributed by atoms with Crippen molar-refractivity contribution in [3.05, 3.63) is 22.6 Å². The van der Waals surface area contributed by atoms with Gasteiger partial charge in [-0.3, -0.25) is 0 Å². The minimum Gasteiger partial charge on any atom is -0.232 e. The van der Waals surface area contributed by atoms with Gasteiger partial charge >= 0.3 is 0 Å². The van der Waals surface area contributed by atoms with Crippen LogP contribution in [0.3, 0.4) is 0 Å². The first kappa shape index (κ1) is 10.9. The highest BCUT2D eigenvalue weighted by atomic mass is 127. The zero-order valence-electron chi connectivity index (χ0n) is 8.33. The molecule has 0 aromatic carbocycles. The van der Waals surface area contributed by atoms with E-state index in [4.69, 9.17) is 11.6 Å². The van der Waals surface area contributed by atoms with Gasteiger partial charge < -0.3 is 0 Å². The molecule has 2 rings (SSSR count). The number of hydrogen-bond donors (Lipinski definition) is 0. The highest BCUT2D eigenvalue weighted by Crippen LogP contribution is 2.25. The van der Waals surface area contributed by atoms with Gasteiger partial charge in [-0.05, 0) is 42.0 Å². The van der Waals surface area contributed by atoms with E-state index in [0.717, 1.165) is 27.2 Å². The van der Waals surface area contributed by atoms with Crippen molar-refractivity contribution in [2.45, 2.75) is 20.3 Å². The van der Waals surface area contributed by atoms with Crippen LogP contribution in [0.1, 0.15) is 19.0 Å². The fourth-order valence-electron chi connectivity index (χ4n) is 1.43. The Labute approximate surface area is 107 Å². The van der Waals surface area contributed by atoms with E-state index in [2.05, 4.69) is 38.2 Å². The van der Waals surface area contributed by atoms with E-state index in [1.807, 2.05) is 19.9 Å². The van der Waals surface area contributed by atoms with Gasteiger partial charge in [0.1, 0.15) is 5.70 Å². The molecule has 2 heterocycles. The van der Waals surface area contributed by atoms with Crippen LogP contribution in [-0.2, 0) is 0 Å². The number of rotatable bonds is 2. The molecule has 1 radical (unpaired) electrons. The normalized spacial score (nSPS) is 15.6. The van der Waals surface area contributed by atoms with Gasteiger partial charge in [0.15, 0.2) is 8.87 Å². The lowest BCUT2D eigenvalue weighted by atomic mass is 10.3. The second kappa shape index (κ2) is 4.13. The first-order valence-corrected chi connectivity index (χ1v) is 5.99. The van der Waals surface area contributed by atoms with Crippen LogP contribution in [0.25, 0.3) is 5.70 Å². The van der Waals surface area contributed by atoms with Crippen molar-refractivity contribution in [2.24, 2.45) is 5.10 Å². The molecule has 1 aromatic rings. The van der Waals surface area contributed by atoms with Crippen LogP contribution in [0.4, 0.5) is 0 Å². The highest BCUT2D eigenvalue weighted by Gasteiger charge is 2.22. The Balaban J connectivity index is 2.54. The monoisotopic (exact) mass is 335 g/mol. The van der Waals surface area contributed by atoms with E-state index >= 15 is 0 Å². The van der Waals surface area contributed by atoms with Crippen molar-refractivity contribution in [1.82, 2.24) is 15.2 Å². The predicted molar refractivity (Wildman–Crippen MR) is 69.1 cm³/mol. The maximum absolute atomic E-state index is 5.86. The number of aromatic nitrogens is 2. The fourth-order valence-corrected chi connectivity index (χ4v) is 2.31. The molecule has 0 saturated carbocycles. The molecule has 0 bridgehead atoms. The smallest absolute Gasteiger partial charge is 0.151 e. The van der Waals surface area contributed by atoms with Crippen LogP contribution >= 0.6 is 34.2 Å². The second-order valence-electron chi connectivity index (χ2n) is 3.16. The van der Waals surface area contributed by atoms with Gasteiger partial charge in [-0.25, -0.2) is 4.68 Å². The summed E-state index contributed by atoms with van der Waals surface area (Å²) in [7, 11) is 0. The summed E-state index contributed by atoms with van der Waals surface area (Å²) >= 11 is 8.01. The third-order valence-electron chi connectivity index (χ3n) is 2.13. The molecule has 1 aliphatic rings. The molecule has 0 N–H and O–H groups in total. The third-order valence-corrected chi connectivity index (χ3v) is 3.04. The second-order valence-corrected chi connectivity index (χ2v) is 4.57. The zero-order valence-corrected chi connectivity index (χ0v) is 11.2. The molecule has 0 aliphatic carbocycles. The minimum absolute atomic E-state index is 0.492. The van der Waals surface area contributed by atoms with Gasteiger partial charge in [0.2, 0.25) is 0 Å². The molecule has 0 spiro atoms. The topological polar surface area (TPSA) is 44.3 Å². The summed E-state index contributed by atoms with van der Waals surface area (Å²) in [6.07, 6.45) is 0.836. The van der Waals surface area contributed by atoms with Crippen molar-refractivity contribution >= 4 is 43.6 Å². The summed E-state index contributed by atoms with van der Waals surface area (Å²) in [4.78, 5) is 0. The SMILES string of the molecule is CCC1=C(n2nc(Cl)cc2C)C(I)=N[N]1. The maximum atomic E-state index is 5.86. The molecule has 79 valence electrons. The van der Waals surface area contributed by atoms with Crippen molar-refractivity contribution in [2.75, 3.05) is 0 Å². The maximum Gasteiger partial charge on any atom is 0.151 e. The van der Waals surface area contributed by atoms with Gasteiger partial charge in [0.25, 0.3) is 0 Å². The minimum atomic E-state index is 0.492. The Morgan fingerprint density at radius 2 is 2.27 bits per heavy atom. The van der Waals surface area contributed by atoms with E-state index < -0.39 is 0 Å². The van der Waals surface area contributed by atoms with Crippen LogP contribution in [0.5, 0.6) is 0 Å². The first-order chi connectivity index (χ1) is 7.13. The van der Waals surface area contributed by atoms with Crippen LogP contribution in [0.15, 0.2) is 16.9 Å². The first-order valence-electron chi connectivity index (χ1n) is 4.53. The molecule has 4 nitrogen and oxygen atoms in total. The van der Waals surface area contributed by atoms with Gasteiger partial charge in [0.05, 0.1) is 5.70 Å². The molecule has 6 heteroatoms. The molecule has 15 heavy (non-hydrogen) atoms. The van der Waals surface area contributed by atoms with E-state index in [1.165, 1.54) is 0 Å². The Hall–Kier alpha value is -0.560. The number of aryl methyl sites for hydroxylation is 1. The standard InChI is InChI=1S/C9H9ClIN4/c1-3-6-8(9(11)13-12-6)15-5(2)4-7(10)14-15/h4H,3H2,1-2H3. The molecule has 0 amide bonds. The lowest BCUT2D eigenvalue weighted by molar-refractivity contribution is 0.813. The lowest BCUT2D eigenvalue weighted by Gasteiger charge is -2.05. The predicted octanol–water partition coefficient (Wildman–Crippen LogP) is 2.79. The van der Waals surface area contributed by atoms with Crippen molar-refractivity contribution in [1.29, 1.82) is 0 Å². The van der Waals surface area contributed by atoms with Crippen molar-refractivity contribution in [3.63, 3.8) is 0 Å². The van der Waals surface area contributed by atoms with Crippen LogP contribution < -0.4 is 5.43 Å².